The molecule has 2 aromatic rings. The summed E-state index contributed by atoms with van der Waals surface area (Å²) in [6.45, 7) is 3.09. The van der Waals surface area contributed by atoms with Gasteiger partial charge < -0.3 is 9.64 Å². The van der Waals surface area contributed by atoms with Crippen LogP contribution in [0.5, 0.6) is 0 Å². The summed E-state index contributed by atoms with van der Waals surface area (Å²) in [4.78, 5) is 14.4. The van der Waals surface area contributed by atoms with Gasteiger partial charge in [-0.25, -0.2) is 0 Å². The minimum atomic E-state index is -0.341. The molecule has 2 heterocycles. The Morgan fingerprint density at radius 2 is 2.14 bits per heavy atom. The Morgan fingerprint density at radius 1 is 1.36 bits per heavy atom. The van der Waals surface area contributed by atoms with Crippen LogP contribution in [-0.4, -0.2) is 32.7 Å². The number of rotatable bonds is 4. The van der Waals surface area contributed by atoms with Crippen molar-refractivity contribution >= 4 is 17.5 Å². The van der Waals surface area contributed by atoms with E-state index in [1.807, 2.05) is 35.8 Å². The van der Waals surface area contributed by atoms with Crippen LogP contribution in [-0.2, 0) is 29.2 Å². The molecule has 0 saturated carbocycles. The van der Waals surface area contributed by atoms with Crippen molar-refractivity contribution in [1.29, 1.82) is 0 Å². The van der Waals surface area contributed by atoms with E-state index >= 15 is 0 Å². The first kappa shape index (κ1) is 15.0. The number of carbonyl (C=O) groups is 1. The highest BCUT2D eigenvalue weighted by atomic mass is 35.5. The molecule has 7 heteroatoms. The van der Waals surface area contributed by atoms with Gasteiger partial charge in [0.1, 0.15) is 12.6 Å². The molecular formula is C15H17ClN4O2. The number of amides is 1. The number of halogens is 1. The molecule has 1 atom stereocenters. The summed E-state index contributed by atoms with van der Waals surface area (Å²) >= 11 is 6.19. The number of nitrogens with zero attached hydrogens (tertiary/aromatic N) is 4. The number of hydrogen-bond acceptors (Lipinski definition) is 4. The maximum absolute atomic E-state index is 12.6. The van der Waals surface area contributed by atoms with E-state index in [1.54, 1.807) is 12.0 Å². The first-order chi connectivity index (χ1) is 10.6. The second kappa shape index (κ2) is 6.06. The van der Waals surface area contributed by atoms with Gasteiger partial charge >= 0.3 is 0 Å². The zero-order chi connectivity index (χ0) is 15.7. The lowest BCUT2D eigenvalue weighted by Crippen LogP contribution is -2.41. The van der Waals surface area contributed by atoms with Crippen molar-refractivity contribution in [3.05, 3.63) is 46.5 Å². The van der Waals surface area contributed by atoms with Gasteiger partial charge in [-0.3, -0.25) is 9.36 Å². The Labute approximate surface area is 133 Å². The third kappa shape index (κ3) is 2.60. The van der Waals surface area contributed by atoms with Crippen LogP contribution in [0.25, 0.3) is 0 Å². The Bertz CT molecular complexity index is 701. The summed E-state index contributed by atoms with van der Waals surface area (Å²) in [6.07, 6.45) is 0. The Kier molecular flexibility index (Phi) is 4.13. The largest absolute Gasteiger partial charge is 0.377 e. The molecule has 0 unspecified atom stereocenters. The van der Waals surface area contributed by atoms with Gasteiger partial charge in [0.2, 0.25) is 5.91 Å². The van der Waals surface area contributed by atoms with Gasteiger partial charge in [-0.2, -0.15) is 0 Å². The van der Waals surface area contributed by atoms with E-state index in [-0.39, 0.29) is 11.9 Å². The predicted molar refractivity (Wildman–Crippen MR) is 81.2 cm³/mol. The summed E-state index contributed by atoms with van der Waals surface area (Å²) in [5.74, 6) is 1.48. The zero-order valence-corrected chi connectivity index (χ0v) is 13.2. The number of carbonyl (C=O) groups excluding carboxylic acids is 1. The van der Waals surface area contributed by atoms with Crippen LogP contribution in [0, 0.1) is 0 Å². The van der Waals surface area contributed by atoms with E-state index in [0.717, 1.165) is 11.4 Å². The minimum absolute atomic E-state index is 0.0320. The Hall–Kier alpha value is -1.92. The molecule has 0 radical (unpaired) electrons. The smallest absolute Gasteiger partial charge is 0.246 e. The number of fused-ring (bicyclic) bond motifs is 1. The molecular weight excluding hydrogens is 304 g/mol. The first-order valence-corrected chi connectivity index (χ1v) is 7.43. The van der Waals surface area contributed by atoms with Crippen molar-refractivity contribution < 1.29 is 9.53 Å². The molecule has 6 nitrogen and oxygen atoms in total. The average molecular weight is 321 g/mol. The fourth-order valence-electron chi connectivity index (χ4n) is 2.73. The summed E-state index contributed by atoms with van der Waals surface area (Å²) in [6, 6.07) is 7.20. The quantitative estimate of drug-likeness (QED) is 0.866. The normalized spacial score (nSPS) is 17.7. The van der Waals surface area contributed by atoms with Crippen molar-refractivity contribution in [3.63, 3.8) is 0 Å². The molecule has 1 aromatic carbocycles. The van der Waals surface area contributed by atoms with E-state index in [2.05, 4.69) is 10.2 Å². The van der Waals surface area contributed by atoms with Crippen LogP contribution >= 0.6 is 11.6 Å². The monoisotopic (exact) mass is 320 g/mol. The lowest BCUT2D eigenvalue weighted by Gasteiger charge is -2.32. The third-order valence-electron chi connectivity index (χ3n) is 3.82. The van der Waals surface area contributed by atoms with Gasteiger partial charge in [0.15, 0.2) is 11.6 Å². The fraction of sp³-hybridized carbons (Fsp3) is 0.400. The lowest BCUT2D eigenvalue weighted by molar-refractivity contribution is -0.137. The van der Waals surface area contributed by atoms with E-state index < -0.39 is 0 Å². The number of methoxy groups -OCH3 is 1. The fourth-order valence-corrected chi connectivity index (χ4v) is 2.93. The van der Waals surface area contributed by atoms with Gasteiger partial charge in [-0.15, -0.1) is 10.2 Å². The third-order valence-corrected chi connectivity index (χ3v) is 4.19. The van der Waals surface area contributed by atoms with Gasteiger partial charge in [-0.1, -0.05) is 29.8 Å². The Balaban J connectivity index is 1.87. The summed E-state index contributed by atoms with van der Waals surface area (Å²) in [5, 5.41) is 8.96. The predicted octanol–water partition coefficient (Wildman–Crippen LogP) is 2.18. The summed E-state index contributed by atoms with van der Waals surface area (Å²) in [5.41, 5.74) is 0.926. The van der Waals surface area contributed by atoms with Crippen molar-refractivity contribution in [2.45, 2.75) is 32.7 Å². The molecule has 116 valence electrons. The molecule has 0 bridgehead atoms. The molecule has 1 aliphatic rings. The first-order valence-electron chi connectivity index (χ1n) is 7.05. The maximum atomic E-state index is 12.6. The number of aromatic nitrogens is 3. The number of hydrogen-bond donors (Lipinski definition) is 0. The molecule has 1 aromatic heterocycles. The highest BCUT2D eigenvalue weighted by Crippen LogP contribution is 2.26. The van der Waals surface area contributed by atoms with Gasteiger partial charge in [0.25, 0.3) is 0 Å². The van der Waals surface area contributed by atoms with Crippen LogP contribution in [0.3, 0.4) is 0 Å². The van der Waals surface area contributed by atoms with Gasteiger partial charge in [0.05, 0.1) is 6.54 Å². The minimum Gasteiger partial charge on any atom is -0.377 e. The molecule has 0 fully saturated rings. The number of benzene rings is 1. The van der Waals surface area contributed by atoms with Gasteiger partial charge in [-0.05, 0) is 18.6 Å². The highest BCUT2D eigenvalue weighted by molar-refractivity contribution is 6.31. The van der Waals surface area contributed by atoms with Crippen molar-refractivity contribution in [2.24, 2.45) is 0 Å². The lowest BCUT2D eigenvalue weighted by atomic mass is 10.1. The topological polar surface area (TPSA) is 60.3 Å². The molecule has 1 amide bonds. The second-order valence-electron chi connectivity index (χ2n) is 5.30. The molecule has 0 N–H and O–H groups in total. The molecule has 1 aliphatic heterocycles. The van der Waals surface area contributed by atoms with Crippen molar-refractivity contribution in [3.8, 4) is 0 Å². The van der Waals surface area contributed by atoms with E-state index in [4.69, 9.17) is 16.3 Å². The van der Waals surface area contributed by atoms with Crippen LogP contribution in [0.1, 0.15) is 30.2 Å². The van der Waals surface area contributed by atoms with Crippen molar-refractivity contribution in [1.82, 2.24) is 19.7 Å². The zero-order valence-electron chi connectivity index (χ0n) is 12.5. The van der Waals surface area contributed by atoms with Crippen LogP contribution in [0.15, 0.2) is 24.3 Å². The molecule has 0 spiro atoms. The van der Waals surface area contributed by atoms with E-state index in [1.165, 1.54) is 0 Å². The molecule has 0 aliphatic carbocycles. The van der Waals surface area contributed by atoms with Crippen LogP contribution in [0.2, 0.25) is 5.02 Å². The van der Waals surface area contributed by atoms with Crippen molar-refractivity contribution in [2.75, 3.05) is 7.11 Å². The summed E-state index contributed by atoms with van der Waals surface area (Å²) in [7, 11) is 1.60. The standard InChI is InChI=1S/C15H17ClN4O2/c1-10-15(21)19(7-11-5-3-4-6-12(11)16)8-13-17-18-14(9-22-2)20(10)13/h3-6,10H,7-9H2,1-2H3/t10-/m0/s1. The average Bonchev–Trinajstić information content (AvgIpc) is 2.90. The van der Waals surface area contributed by atoms with Crippen LogP contribution < -0.4 is 0 Å². The molecule has 0 saturated heterocycles. The van der Waals surface area contributed by atoms with Gasteiger partial charge in [0, 0.05) is 18.7 Å². The van der Waals surface area contributed by atoms with E-state index in [0.29, 0.717) is 30.5 Å². The van der Waals surface area contributed by atoms with Crippen LogP contribution in [0.4, 0.5) is 0 Å². The molecule has 22 heavy (non-hydrogen) atoms. The summed E-state index contributed by atoms with van der Waals surface area (Å²) < 4.78 is 6.96. The molecule has 3 rings (SSSR count). The maximum Gasteiger partial charge on any atom is 0.246 e. The SMILES string of the molecule is COCc1nnc2n1[C@@H](C)C(=O)N(Cc1ccccc1Cl)C2. The number of ether oxygens (including phenoxy) is 1. The second-order valence-corrected chi connectivity index (χ2v) is 5.70. The highest BCUT2D eigenvalue weighted by Gasteiger charge is 2.33. The Morgan fingerprint density at radius 3 is 2.86 bits per heavy atom. The van der Waals surface area contributed by atoms with E-state index in [9.17, 15) is 4.79 Å².